The molecule has 0 unspecified atom stereocenters. The highest BCUT2D eigenvalue weighted by atomic mass is 32.2. The van der Waals surface area contributed by atoms with Crippen LogP contribution in [0.5, 0.6) is 0 Å². The second-order valence-corrected chi connectivity index (χ2v) is 11.5. The summed E-state index contributed by atoms with van der Waals surface area (Å²) in [4.78, 5) is 12.8. The van der Waals surface area contributed by atoms with Crippen LogP contribution in [0, 0.1) is 6.92 Å². The molecule has 0 spiro atoms. The fourth-order valence-corrected chi connectivity index (χ4v) is 5.23. The van der Waals surface area contributed by atoms with Crippen LogP contribution in [0.25, 0.3) is 10.9 Å². The van der Waals surface area contributed by atoms with E-state index in [0.717, 1.165) is 16.5 Å². The monoisotopic (exact) mass is 474 g/mol. The molecule has 0 saturated carbocycles. The third-order valence-corrected chi connectivity index (χ3v) is 7.72. The van der Waals surface area contributed by atoms with Crippen LogP contribution in [0.1, 0.15) is 47.8 Å². The molecule has 4 rings (SSSR count). The molecule has 0 fully saturated rings. The van der Waals surface area contributed by atoms with E-state index in [0.29, 0.717) is 24.0 Å². The van der Waals surface area contributed by atoms with Crippen LogP contribution in [0.15, 0.2) is 83.9 Å². The number of carbonyl (C=O) groups excluding carboxylic acids is 1. The molecular weight excluding hydrogens is 444 g/mol. The summed E-state index contributed by atoms with van der Waals surface area (Å²) in [5.41, 5.74) is 4.43. The van der Waals surface area contributed by atoms with E-state index in [1.54, 1.807) is 36.5 Å². The first-order valence-corrected chi connectivity index (χ1v) is 12.8. The lowest BCUT2D eigenvalue weighted by Gasteiger charge is -2.19. The number of amides is 1. The molecule has 0 atom stereocenters. The maximum Gasteiger partial charge on any atom is 0.268 e. The molecule has 6 heteroatoms. The van der Waals surface area contributed by atoms with Crippen molar-refractivity contribution in [1.82, 2.24) is 9.29 Å². The standard InChI is InChI=1S/C28H30N2O3S/c1-20-5-13-25(14-6-20)34(32,33)30-18-16-22-8-7-21(19-26(22)30)15-17-29-27(31)23-9-11-24(12-10-23)28(2,3)4/h5-14,16,18-19H,15,17H2,1-4H3,(H,29,31). The quantitative estimate of drug-likeness (QED) is 0.404. The zero-order valence-corrected chi connectivity index (χ0v) is 20.8. The fraction of sp³-hybridized carbons (Fsp3) is 0.250. The van der Waals surface area contributed by atoms with Crippen LogP contribution in [0.3, 0.4) is 0 Å². The molecular formula is C28H30N2O3S. The zero-order chi connectivity index (χ0) is 24.5. The van der Waals surface area contributed by atoms with E-state index in [-0.39, 0.29) is 16.2 Å². The maximum atomic E-state index is 13.2. The first-order chi connectivity index (χ1) is 16.1. The molecule has 1 aromatic heterocycles. The Labute approximate surface area is 201 Å². The number of fused-ring (bicyclic) bond motifs is 1. The van der Waals surface area contributed by atoms with Crippen LogP contribution in [0.4, 0.5) is 0 Å². The Bertz CT molecular complexity index is 1430. The highest BCUT2D eigenvalue weighted by Crippen LogP contribution is 2.24. The third-order valence-electron chi connectivity index (χ3n) is 6.01. The third kappa shape index (κ3) is 4.92. The topological polar surface area (TPSA) is 68.2 Å². The maximum absolute atomic E-state index is 13.2. The highest BCUT2D eigenvalue weighted by Gasteiger charge is 2.19. The molecule has 1 heterocycles. The Morgan fingerprint density at radius 1 is 0.912 bits per heavy atom. The minimum Gasteiger partial charge on any atom is -0.352 e. The van der Waals surface area contributed by atoms with Gasteiger partial charge in [-0.15, -0.1) is 0 Å². The average molecular weight is 475 g/mol. The molecule has 3 aromatic carbocycles. The number of hydrogen-bond acceptors (Lipinski definition) is 3. The van der Waals surface area contributed by atoms with Crippen LogP contribution >= 0.6 is 0 Å². The summed E-state index contributed by atoms with van der Waals surface area (Å²) in [6.45, 7) is 8.80. The Morgan fingerprint density at radius 2 is 1.59 bits per heavy atom. The molecule has 0 aliphatic rings. The number of carbonyl (C=O) groups is 1. The molecule has 1 N–H and O–H groups in total. The van der Waals surface area contributed by atoms with Crippen molar-refractivity contribution in [2.45, 2.75) is 44.4 Å². The van der Waals surface area contributed by atoms with Gasteiger partial charge in [0, 0.05) is 23.7 Å². The van der Waals surface area contributed by atoms with Gasteiger partial charge in [0.05, 0.1) is 10.4 Å². The summed E-state index contributed by atoms with van der Waals surface area (Å²) in [5.74, 6) is -0.119. The number of benzene rings is 3. The number of nitrogens with zero attached hydrogens (tertiary/aromatic N) is 1. The Kier molecular flexibility index (Phi) is 6.36. The molecule has 4 aromatic rings. The molecule has 34 heavy (non-hydrogen) atoms. The first-order valence-electron chi connectivity index (χ1n) is 11.4. The second-order valence-electron chi connectivity index (χ2n) is 9.66. The Balaban J connectivity index is 1.47. The Morgan fingerprint density at radius 3 is 2.24 bits per heavy atom. The van der Waals surface area contributed by atoms with Gasteiger partial charge in [0.15, 0.2) is 0 Å². The molecule has 5 nitrogen and oxygen atoms in total. The highest BCUT2D eigenvalue weighted by molar-refractivity contribution is 7.90. The number of aromatic nitrogens is 1. The molecule has 0 bridgehead atoms. The van der Waals surface area contributed by atoms with Crippen molar-refractivity contribution >= 4 is 26.8 Å². The summed E-state index contributed by atoms with van der Waals surface area (Å²) >= 11 is 0. The van der Waals surface area contributed by atoms with E-state index >= 15 is 0 Å². The summed E-state index contributed by atoms with van der Waals surface area (Å²) in [6, 6.07) is 22.1. The number of hydrogen-bond donors (Lipinski definition) is 1. The normalized spacial score (nSPS) is 12.1. The Hall–Kier alpha value is -3.38. The van der Waals surface area contributed by atoms with Gasteiger partial charge >= 0.3 is 0 Å². The summed E-state index contributed by atoms with van der Waals surface area (Å²) in [7, 11) is -3.69. The smallest absolute Gasteiger partial charge is 0.268 e. The number of aryl methyl sites for hydroxylation is 1. The van der Waals surface area contributed by atoms with Crippen molar-refractivity contribution in [2.75, 3.05) is 6.54 Å². The van der Waals surface area contributed by atoms with Crippen LogP contribution < -0.4 is 5.32 Å². The van der Waals surface area contributed by atoms with Gasteiger partial charge in [0.2, 0.25) is 0 Å². The van der Waals surface area contributed by atoms with E-state index in [9.17, 15) is 13.2 Å². The summed E-state index contributed by atoms with van der Waals surface area (Å²) < 4.78 is 27.7. The molecule has 1 amide bonds. The van der Waals surface area contributed by atoms with E-state index in [4.69, 9.17) is 0 Å². The van der Waals surface area contributed by atoms with Gasteiger partial charge < -0.3 is 5.32 Å². The number of nitrogens with one attached hydrogen (secondary N) is 1. The lowest BCUT2D eigenvalue weighted by Crippen LogP contribution is -2.25. The van der Waals surface area contributed by atoms with Gasteiger partial charge in [-0.1, -0.05) is 62.7 Å². The van der Waals surface area contributed by atoms with Gasteiger partial charge in [-0.25, -0.2) is 12.4 Å². The van der Waals surface area contributed by atoms with Gasteiger partial charge in [-0.2, -0.15) is 0 Å². The van der Waals surface area contributed by atoms with E-state index < -0.39 is 10.0 Å². The van der Waals surface area contributed by atoms with Crippen LogP contribution in [0.2, 0.25) is 0 Å². The second kappa shape index (κ2) is 9.11. The van der Waals surface area contributed by atoms with Crippen molar-refractivity contribution in [3.05, 3.63) is 101 Å². The SMILES string of the molecule is Cc1ccc(S(=O)(=O)n2ccc3ccc(CCNC(=O)c4ccc(C(C)(C)C)cc4)cc32)cc1. The van der Waals surface area contributed by atoms with Gasteiger partial charge in [-0.05, 0) is 66.3 Å². The van der Waals surface area contributed by atoms with Gasteiger partial charge in [-0.3, -0.25) is 4.79 Å². The van der Waals surface area contributed by atoms with E-state index in [1.165, 1.54) is 9.54 Å². The molecule has 0 aliphatic carbocycles. The first kappa shape index (κ1) is 23.8. The van der Waals surface area contributed by atoms with Crippen molar-refractivity contribution in [1.29, 1.82) is 0 Å². The number of rotatable bonds is 6. The summed E-state index contributed by atoms with van der Waals surface area (Å²) in [6.07, 6.45) is 2.18. The van der Waals surface area contributed by atoms with Crippen molar-refractivity contribution in [3.63, 3.8) is 0 Å². The van der Waals surface area contributed by atoms with Crippen molar-refractivity contribution < 1.29 is 13.2 Å². The van der Waals surface area contributed by atoms with Crippen LogP contribution in [-0.4, -0.2) is 24.8 Å². The predicted octanol–water partition coefficient (Wildman–Crippen LogP) is 5.46. The van der Waals surface area contributed by atoms with Crippen LogP contribution in [-0.2, 0) is 21.9 Å². The predicted molar refractivity (Wildman–Crippen MR) is 137 cm³/mol. The molecule has 0 aliphatic heterocycles. The van der Waals surface area contributed by atoms with Gasteiger partial charge in [0.25, 0.3) is 15.9 Å². The van der Waals surface area contributed by atoms with E-state index in [2.05, 4.69) is 26.1 Å². The lowest BCUT2D eigenvalue weighted by atomic mass is 9.87. The minimum absolute atomic E-state index is 0.0399. The summed E-state index contributed by atoms with van der Waals surface area (Å²) in [5, 5.41) is 3.81. The van der Waals surface area contributed by atoms with E-state index in [1.807, 2.05) is 49.4 Å². The molecule has 176 valence electrons. The molecule has 0 radical (unpaired) electrons. The van der Waals surface area contributed by atoms with Crippen molar-refractivity contribution in [3.8, 4) is 0 Å². The van der Waals surface area contributed by atoms with Crippen molar-refractivity contribution in [2.24, 2.45) is 0 Å². The average Bonchev–Trinajstić information content (AvgIpc) is 3.23. The fourth-order valence-electron chi connectivity index (χ4n) is 3.88. The molecule has 0 saturated heterocycles. The largest absolute Gasteiger partial charge is 0.352 e. The minimum atomic E-state index is -3.69. The van der Waals surface area contributed by atoms with Gasteiger partial charge in [0.1, 0.15) is 0 Å². The zero-order valence-electron chi connectivity index (χ0n) is 20.0. The lowest BCUT2D eigenvalue weighted by molar-refractivity contribution is 0.0954.